The number of alkyl halides is 1. The molecule has 0 aliphatic carbocycles. The van der Waals surface area contributed by atoms with E-state index in [-0.39, 0.29) is 6.16 Å². The lowest BCUT2D eigenvalue weighted by atomic mass is 10.9. The zero-order valence-electron chi connectivity index (χ0n) is 3.54. The smallest absolute Gasteiger partial charge is 0.208 e. The summed E-state index contributed by atoms with van der Waals surface area (Å²) in [7, 11) is -1.90. The van der Waals surface area contributed by atoms with Crippen molar-refractivity contribution in [3.63, 3.8) is 0 Å². The van der Waals surface area contributed by atoms with Crippen LogP contribution in [0.3, 0.4) is 0 Å². The molecule has 0 fully saturated rings. The normalized spacial score (nSPS) is 14.1. The lowest BCUT2D eigenvalue weighted by Crippen LogP contribution is -1.85. The molecule has 0 aromatic rings. The molecule has 0 radical (unpaired) electrons. The third-order valence-corrected chi connectivity index (χ3v) is 1.11. The minimum absolute atomic E-state index is 0.119. The largest absolute Gasteiger partial charge is 0.348 e. The van der Waals surface area contributed by atoms with Crippen LogP contribution in [0.25, 0.3) is 0 Å². The molecule has 0 aromatic heterocycles. The van der Waals surface area contributed by atoms with Crippen molar-refractivity contribution in [3.8, 4) is 0 Å². The predicted octanol–water partition coefficient (Wildman–Crippen LogP) is 0.750. The summed E-state index contributed by atoms with van der Waals surface area (Å²) in [5.41, 5.74) is 0. The van der Waals surface area contributed by atoms with Crippen molar-refractivity contribution in [1.82, 2.24) is 0 Å². The Bertz CT molecular complexity index is 43.9. The van der Waals surface area contributed by atoms with Gasteiger partial charge in [-0.3, -0.25) is 4.39 Å². The Hall–Kier alpha value is 0.240. The van der Waals surface area contributed by atoms with Crippen LogP contribution >= 0.6 is 8.38 Å². The Morgan fingerprint density at radius 3 is 2.43 bits per heavy atom. The van der Waals surface area contributed by atoms with E-state index in [0.29, 0.717) is 0 Å². The zero-order chi connectivity index (χ0) is 5.70. The zero-order valence-corrected chi connectivity index (χ0v) is 4.44. The SMILES string of the molecule is OOP(O)CCF. The Kier molecular flexibility index (Phi) is 4.55. The lowest BCUT2D eigenvalue weighted by molar-refractivity contribution is -0.136. The second-order valence-electron chi connectivity index (χ2n) is 0.846. The molecule has 0 amide bonds. The molecule has 3 nitrogen and oxygen atoms in total. The maximum absolute atomic E-state index is 11.1. The Labute approximate surface area is 41.6 Å². The predicted molar refractivity (Wildman–Crippen MR) is 23.7 cm³/mol. The first-order chi connectivity index (χ1) is 3.31. The summed E-state index contributed by atoms with van der Waals surface area (Å²) in [6, 6.07) is 0. The van der Waals surface area contributed by atoms with Crippen LogP contribution in [0, 0.1) is 0 Å². The average Bonchev–Trinajstić information content (AvgIpc) is 1.68. The molecule has 0 rings (SSSR count). The van der Waals surface area contributed by atoms with Gasteiger partial charge in [0, 0.05) is 6.16 Å². The second-order valence-corrected chi connectivity index (χ2v) is 2.16. The molecule has 0 bridgehead atoms. The summed E-state index contributed by atoms with van der Waals surface area (Å²) in [6.45, 7) is -0.664. The van der Waals surface area contributed by atoms with Crippen LogP contribution in [0.1, 0.15) is 0 Å². The van der Waals surface area contributed by atoms with Gasteiger partial charge in [-0.15, -0.1) is 0 Å². The van der Waals surface area contributed by atoms with Crippen LogP contribution in [0.2, 0.25) is 0 Å². The monoisotopic (exact) mass is 128 g/mol. The number of halogens is 1. The van der Waals surface area contributed by atoms with Gasteiger partial charge in [-0.2, -0.15) is 4.67 Å². The van der Waals surface area contributed by atoms with E-state index in [9.17, 15) is 4.39 Å². The molecule has 0 saturated heterocycles. The van der Waals surface area contributed by atoms with Gasteiger partial charge in [-0.1, -0.05) is 0 Å². The van der Waals surface area contributed by atoms with Crippen LogP contribution in [0.15, 0.2) is 0 Å². The fourth-order valence-electron chi connectivity index (χ4n) is 0.113. The molecule has 0 aromatic carbocycles. The van der Waals surface area contributed by atoms with Crippen LogP contribution in [-0.4, -0.2) is 23.0 Å². The summed E-state index contributed by atoms with van der Waals surface area (Å²) in [6.07, 6.45) is -0.119. The molecule has 5 heteroatoms. The van der Waals surface area contributed by atoms with E-state index >= 15 is 0 Å². The molecular weight excluding hydrogens is 122 g/mol. The van der Waals surface area contributed by atoms with E-state index in [1.54, 1.807) is 0 Å². The molecular formula is C2H6FO3P. The van der Waals surface area contributed by atoms with E-state index in [1.807, 2.05) is 0 Å². The van der Waals surface area contributed by atoms with Gasteiger partial charge >= 0.3 is 0 Å². The van der Waals surface area contributed by atoms with Crippen molar-refractivity contribution >= 4 is 8.38 Å². The topological polar surface area (TPSA) is 49.7 Å². The molecule has 0 aliphatic heterocycles. The van der Waals surface area contributed by atoms with Crippen molar-refractivity contribution in [2.75, 3.05) is 12.8 Å². The standard InChI is InChI=1S/C2H6FO3P/c3-1-2-7(5)6-4/h4-5H,1-2H2. The summed E-state index contributed by atoms with van der Waals surface area (Å²) < 4.78 is 14.5. The summed E-state index contributed by atoms with van der Waals surface area (Å²) in [5, 5.41) is 7.58. The van der Waals surface area contributed by atoms with Gasteiger partial charge in [-0.25, -0.2) is 5.26 Å². The Morgan fingerprint density at radius 2 is 2.29 bits per heavy atom. The van der Waals surface area contributed by atoms with Crippen LogP contribution in [0.4, 0.5) is 4.39 Å². The van der Waals surface area contributed by atoms with Gasteiger partial charge in [-0.05, 0) is 0 Å². The lowest BCUT2D eigenvalue weighted by Gasteiger charge is -1.97. The van der Waals surface area contributed by atoms with Gasteiger partial charge in [0.05, 0.1) is 6.67 Å². The van der Waals surface area contributed by atoms with Crippen LogP contribution in [-0.2, 0) is 4.67 Å². The Morgan fingerprint density at radius 1 is 1.71 bits per heavy atom. The second kappa shape index (κ2) is 4.40. The first kappa shape index (κ1) is 7.24. The molecule has 0 heterocycles. The van der Waals surface area contributed by atoms with Crippen LogP contribution in [0.5, 0.6) is 0 Å². The van der Waals surface area contributed by atoms with Crippen molar-refractivity contribution in [2.24, 2.45) is 0 Å². The fourth-order valence-corrected chi connectivity index (χ4v) is 0.339. The third-order valence-electron chi connectivity index (χ3n) is 0.370. The fraction of sp³-hybridized carbons (Fsp3) is 1.00. The minimum Gasteiger partial charge on any atom is -0.348 e. The van der Waals surface area contributed by atoms with Crippen molar-refractivity contribution in [2.45, 2.75) is 0 Å². The summed E-state index contributed by atoms with van der Waals surface area (Å²) >= 11 is 0. The summed E-state index contributed by atoms with van der Waals surface area (Å²) in [5.74, 6) is 0. The van der Waals surface area contributed by atoms with Crippen LogP contribution < -0.4 is 0 Å². The van der Waals surface area contributed by atoms with Crippen molar-refractivity contribution < 1.29 is 19.2 Å². The highest BCUT2D eigenvalue weighted by atomic mass is 31.2. The van der Waals surface area contributed by atoms with Gasteiger partial charge in [0.1, 0.15) is 0 Å². The van der Waals surface area contributed by atoms with Gasteiger partial charge in [0.2, 0.25) is 8.38 Å². The maximum Gasteiger partial charge on any atom is 0.208 e. The number of hydrogen-bond acceptors (Lipinski definition) is 3. The van der Waals surface area contributed by atoms with E-state index in [2.05, 4.69) is 4.67 Å². The Balaban J connectivity index is 2.83. The molecule has 1 unspecified atom stereocenters. The highest BCUT2D eigenvalue weighted by Gasteiger charge is 2.00. The quantitative estimate of drug-likeness (QED) is 0.335. The van der Waals surface area contributed by atoms with Gasteiger partial charge in [0.15, 0.2) is 0 Å². The molecule has 44 valence electrons. The third kappa shape index (κ3) is 4.09. The number of hydrogen-bond donors (Lipinski definition) is 2. The molecule has 0 aliphatic rings. The van der Waals surface area contributed by atoms with Crippen molar-refractivity contribution in [3.05, 3.63) is 0 Å². The average molecular weight is 128 g/mol. The molecule has 1 atom stereocenters. The number of rotatable bonds is 3. The highest BCUT2D eigenvalue weighted by Crippen LogP contribution is 2.28. The van der Waals surface area contributed by atoms with E-state index in [0.717, 1.165) is 0 Å². The molecule has 7 heavy (non-hydrogen) atoms. The van der Waals surface area contributed by atoms with E-state index in [1.165, 1.54) is 0 Å². The van der Waals surface area contributed by atoms with E-state index < -0.39 is 15.1 Å². The molecule has 0 saturated carbocycles. The van der Waals surface area contributed by atoms with E-state index in [4.69, 9.17) is 10.2 Å². The van der Waals surface area contributed by atoms with Gasteiger partial charge < -0.3 is 4.89 Å². The summed E-state index contributed by atoms with van der Waals surface area (Å²) in [4.78, 5) is 8.21. The maximum atomic E-state index is 11.1. The highest BCUT2D eigenvalue weighted by molar-refractivity contribution is 7.46. The molecule has 0 spiro atoms. The first-order valence-electron chi connectivity index (χ1n) is 1.65. The molecule has 2 N–H and O–H groups in total. The van der Waals surface area contributed by atoms with Crippen molar-refractivity contribution in [1.29, 1.82) is 0 Å². The van der Waals surface area contributed by atoms with Gasteiger partial charge in [0.25, 0.3) is 0 Å². The minimum atomic E-state index is -1.90. The first-order valence-corrected chi connectivity index (χ1v) is 3.05.